The van der Waals surface area contributed by atoms with Gasteiger partial charge in [-0.05, 0) is 50.2 Å². The van der Waals surface area contributed by atoms with Crippen molar-refractivity contribution in [1.29, 1.82) is 0 Å². The number of fused-ring (bicyclic) bond motifs is 1. The number of nitrogens with one attached hydrogen (secondary N) is 1. The highest BCUT2D eigenvalue weighted by Gasteiger charge is 2.29. The van der Waals surface area contributed by atoms with Gasteiger partial charge in [0.1, 0.15) is 0 Å². The molecule has 19 heavy (non-hydrogen) atoms. The van der Waals surface area contributed by atoms with Crippen LogP contribution in [0, 0.1) is 0 Å². The third-order valence-corrected chi connectivity index (χ3v) is 4.94. The zero-order valence-corrected chi connectivity index (χ0v) is 12.2. The zero-order chi connectivity index (χ0) is 13.2. The third-order valence-electron chi connectivity index (χ3n) is 4.94. The van der Waals surface area contributed by atoms with Crippen molar-refractivity contribution in [2.45, 2.75) is 51.1 Å². The summed E-state index contributed by atoms with van der Waals surface area (Å²) in [4.78, 5) is 2.71. The maximum atomic E-state index is 3.53. The second kappa shape index (κ2) is 5.64. The topological polar surface area (TPSA) is 15.3 Å². The molecule has 3 atom stereocenters. The molecule has 0 amide bonds. The van der Waals surface area contributed by atoms with Crippen LogP contribution in [0.1, 0.15) is 43.7 Å². The minimum Gasteiger partial charge on any atom is -0.314 e. The second-order valence-electron chi connectivity index (χ2n) is 6.34. The van der Waals surface area contributed by atoms with Gasteiger partial charge in [-0.15, -0.1) is 0 Å². The average Bonchev–Trinajstić information content (AvgIpc) is 2.43. The Morgan fingerprint density at radius 2 is 1.89 bits per heavy atom. The van der Waals surface area contributed by atoms with E-state index in [0.717, 1.165) is 19.0 Å². The van der Waals surface area contributed by atoms with E-state index < -0.39 is 0 Å². The maximum Gasteiger partial charge on any atom is 0.0195 e. The minimum atomic E-state index is 0.665. The van der Waals surface area contributed by atoms with Crippen molar-refractivity contribution in [1.82, 2.24) is 10.2 Å². The maximum absolute atomic E-state index is 3.53. The second-order valence-corrected chi connectivity index (χ2v) is 6.34. The summed E-state index contributed by atoms with van der Waals surface area (Å²) in [5.74, 6) is 0.743. The monoisotopic (exact) mass is 258 g/mol. The summed E-state index contributed by atoms with van der Waals surface area (Å²) >= 11 is 0. The van der Waals surface area contributed by atoms with Gasteiger partial charge in [0.15, 0.2) is 0 Å². The molecule has 0 aromatic heterocycles. The number of hydrogen-bond donors (Lipinski definition) is 1. The van der Waals surface area contributed by atoms with Crippen LogP contribution in [0.5, 0.6) is 0 Å². The smallest absolute Gasteiger partial charge is 0.0195 e. The van der Waals surface area contributed by atoms with Gasteiger partial charge in [-0.2, -0.15) is 0 Å². The molecule has 1 aliphatic heterocycles. The van der Waals surface area contributed by atoms with Crippen LogP contribution in [0.3, 0.4) is 0 Å². The van der Waals surface area contributed by atoms with Crippen molar-refractivity contribution in [2.75, 3.05) is 19.6 Å². The molecule has 2 heteroatoms. The van der Waals surface area contributed by atoms with Crippen molar-refractivity contribution >= 4 is 0 Å². The van der Waals surface area contributed by atoms with E-state index in [4.69, 9.17) is 0 Å². The highest BCUT2D eigenvalue weighted by molar-refractivity contribution is 5.32. The Morgan fingerprint density at radius 3 is 2.68 bits per heavy atom. The molecule has 1 aromatic rings. The molecule has 0 saturated carbocycles. The molecule has 3 rings (SSSR count). The van der Waals surface area contributed by atoms with Crippen LogP contribution in [0.25, 0.3) is 0 Å². The van der Waals surface area contributed by atoms with Gasteiger partial charge in [0.05, 0.1) is 0 Å². The van der Waals surface area contributed by atoms with E-state index in [1.807, 2.05) is 0 Å². The van der Waals surface area contributed by atoms with Crippen LogP contribution in [0.4, 0.5) is 0 Å². The highest BCUT2D eigenvalue weighted by atomic mass is 15.2. The van der Waals surface area contributed by atoms with Crippen molar-refractivity contribution in [3.8, 4) is 0 Å². The molecule has 1 heterocycles. The lowest BCUT2D eigenvalue weighted by molar-refractivity contribution is 0.106. The molecular formula is C17H26N2. The summed E-state index contributed by atoms with van der Waals surface area (Å²) in [7, 11) is 0. The number of aryl methyl sites for hydroxylation is 1. The molecular weight excluding hydrogens is 232 g/mol. The number of benzene rings is 1. The largest absolute Gasteiger partial charge is 0.314 e. The van der Waals surface area contributed by atoms with Gasteiger partial charge < -0.3 is 5.32 Å². The molecule has 0 radical (unpaired) electrons. The van der Waals surface area contributed by atoms with Crippen LogP contribution in [0.2, 0.25) is 0 Å². The van der Waals surface area contributed by atoms with E-state index in [0.29, 0.717) is 12.1 Å². The molecule has 1 fully saturated rings. The van der Waals surface area contributed by atoms with Crippen LogP contribution in [0.15, 0.2) is 24.3 Å². The van der Waals surface area contributed by atoms with Crippen LogP contribution < -0.4 is 5.32 Å². The first kappa shape index (κ1) is 13.1. The molecule has 1 saturated heterocycles. The van der Waals surface area contributed by atoms with E-state index >= 15 is 0 Å². The van der Waals surface area contributed by atoms with Gasteiger partial charge in [-0.25, -0.2) is 0 Å². The normalized spacial score (nSPS) is 32.0. The van der Waals surface area contributed by atoms with E-state index in [2.05, 4.69) is 48.3 Å². The minimum absolute atomic E-state index is 0.665. The zero-order valence-electron chi connectivity index (χ0n) is 12.2. The number of hydrogen-bond acceptors (Lipinski definition) is 2. The van der Waals surface area contributed by atoms with Crippen molar-refractivity contribution < 1.29 is 0 Å². The van der Waals surface area contributed by atoms with Gasteiger partial charge in [0.2, 0.25) is 0 Å². The quantitative estimate of drug-likeness (QED) is 0.877. The SMILES string of the molecule is CC1CNCC(C)N1CC1CCCc2ccccc21. The van der Waals surface area contributed by atoms with E-state index in [9.17, 15) is 0 Å². The summed E-state index contributed by atoms with van der Waals surface area (Å²) in [6, 6.07) is 10.4. The van der Waals surface area contributed by atoms with Crippen molar-refractivity contribution in [3.63, 3.8) is 0 Å². The molecule has 104 valence electrons. The average molecular weight is 258 g/mol. The lowest BCUT2D eigenvalue weighted by Gasteiger charge is -2.42. The van der Waals surface area contributed by atoms with Crippen LogP contribution in [-0.2, 0) is 6.42 Å². The van der Waals surface area contributed by atoms with Crippen LogP contribution in [-0.4, -0.2) is 36.6 Å². The highest BCUT2D eigenvalue weighted by Crippen LogP contribution is 2.33. The first-order chi connectivity index (χ1) is 9.25. The van der Waals surface area contributed by atoms with E-state index in [1.54, 1.807) is 11.1 Å². The predicted octanol–water partition coefficient (Wildman–Crippen LogP) is 2.79. The first-order valence-electron chi connectivity index (χ1n) is 7.80. The standard InChI is InChI=1S/C17H26N2/c1-13-10-18-11-14(2)19(13)12-16-8-5-7-15-6-3-4-9-17(15)16/h3-4,6,9,13-14,16,18H,5,7-8,10-12H2,1-2H3. The predicted molar refractivity (Wildman–Crippen MR) is 80.6 cm³/mol. The summed E-state index contributed by atoms with van der Waals surface area (Å²) < 4.78 is 0. The van der Waals surface area contributed by atoms with Gasteiger partial charge in [-0.1, -0.05) is 24.3 Å². The third kappa shape index (κ3) is 2.70. The fourth-order valence-corrected chi connectivity index (χ4v) is 3.83. The van der Waals surface area contributed by atoms with E-state index in [-0.39, 0.29) is 0 Å². The molecule has 1 aromatic carbocycles. The summed E-state index contributed by atoms with van der Waals surface area (Å²) in [5, 5.41) is 3.53. The number of nitrogens with zero attached hydrogens (tertiary/aromatic N) is 1. The number of piperazine rings is 1. The van der Waals surface area contributed by atoms with Crippen LogP contribution >= 0.6 is 0 Å². The van der Waals surface area contributed by atoms with Gasteiger partial charge in [0.25, 0.3) is 0 Å². The number of rotatable bonds is 2. The Morgan fingerprint density at radius 1 is 1.16 bits per heavy atom. The van der Waals surface area contributed by atoms with Gasteiger partial charge >= 0.3 is 0 Å². The summed E-state index contributed by atoms with van der Waals surface area (Å²) in [6.45, 7) is 8.23. The fraction of sp³-hybridized carbons (Fsp3) is 0.647. The summed E-state index contributed by atoms with van der Waals surface area (Å²) in [5.41, 5.74) is 3.21. The molecule has 2 nitrogen and oxygen atoms in total. The first-order valence-corrected chi connectivity index (χ1v) is 7.80. The molecule has 3 unspecified atom stereocenters. The van der Waals surface area contributed by atoms with Gasteiger partial charge in [0, 0.05) is 31.7 Å². The molecule has 1 aliphatic carbocycles. The van der Waals surface area contributed by atoms with Crippen molar-refractivity contribution in [2.24, 2.45) is 0 Å². The molecule has 1 N–H and O–H groups in total. The fourth-order valence-electron chi connectivity index (χ4n) is 3.83. The Bertz CT molecular complexity index is 419. The Labute approximate surface area is 117 Å². The summed E-state index contributed by atoms with van der Waals surface area (Å²) in [6.07, 6.45) is 4.00. The molecule has 0 bridgehead atoms. The Hall–Kier alpha value is -0.860. The van der Waals surface area contributed by atoms with Gasteiger partial charge in [-0.3, -0.25) is 4.90 Å². The lowest BCUT2D eigenvalue weighted by atomic mass is 9.82. The Kier molecular flexibility index (Phi) is 3.90. The van der Waals surface area contributed by atoms with E-state index in [1.165, 1.54) is 25.8 Å². The molecule has 0 spiro atoms. The Balaban J connectivity index is 1.77. The van der Waals surface area contributed by atoms with Crippen molar-refractivity contribution in [3.05, 3.63) is 35.4 Å². The lowest BCUT2D eigenvalue weighted by Crippen LogP contribution is -2.56. The molecule has 2 aliphatic rings.